The summed E-state index contributed by atoms with van der Waals surface area (Å²) in [6.45, 7) is 0.356. The zero-order chi connectivity index (χ0) is 13.5. The fourth-order valence-corrected chi connectivity index (χ4v) is 1.55. The van der Waals surface area contributed by atoms with E-state index in [9.17, 15) is 9.90 Å². The van der Waals surface area contributed by atoms with E-state index in [0.717, 1.165) is 0 Å². The number of aliphatic hydroxyl groups is 1. The first-order chi connectivity index (χ1) is 8.60. The van der Waals surface area contributed by atoms with Gasteiger partial charge in [0.25, 0.3) is 5.91 Å². The fraction of sp³-hybridized carbons (Fsp3) is 0.455. The summed E-state index contributed by atoms with van der Waals surface area (Å²) in [6.07, 6.45) is 2.25. The van der Waals surface area contributed by atoms with Crippen LogP contribution >= 0.6 is 0 Å². The molecule has 1 aromatic heterocycles. The van der Waals surface area contributed by atoms with E-state index in [2.05, 4.69) is 10.4 Å². The molecule has 1 amide bonds. The molecular weight excluding hydrogens is 236 g/mol. The van der Waals surface area contributed by atoms with Gasteiger partial charge in [-0.15, -0.1) is 0 Å². The highest BCUT2D eigenvalue weighted by molar-refractivity contribution is 5.99. The van der Waals surface area contributed by atoms with Gasteiger partial charge in [-0.2, -0.15) is 0 Å². The molecule has 1 atom stereocenters. The monoisotopic (exact) mass is 254 g/mol. The number of hydrogen-bond acceptors (Lipinski definition) is 6. The van der Waals surface area contributed by atoms with Gasteiger partial charge in [-0.1, -0.05) is 0 Å². The van der Waals surface area contributed by atoms with Crippen molar-refractivity contribution in [3.05, 3.63) is 24.0 Å². The van der Waals surface area contributed by atoms with E-state index < -0.39 is 6.10 Å². The van der Waals surface area contributed by atoms with E-state index in [4.69, 9.17) is 10.6 Å². The number of rotatable bonds is 6. The molecule has 4 N–H and O–H groups in total. The molecular formula is C11H18N4O3. The van der Waals surface area contributed by atoms with Crippen LogP contribution in [0, 0.1) is 0 Å². The maximum absolute atomic E-state index is 12.1. The first-order valence-corrected chi connectivity index (χ1v) is 5.43. The van der Waals surface area contributed by atoms with Gasteiger partial charge in [0.1, 0.15) is 0 Å². The lowest BCUT2D eigenvalue weighted by atomic mass is 10.2. The van der Waals surface area contributed by atoms with Gasteiger partial charge in [-0.25, -0.2) is 0 Å². The fourth-order valence-electron chi connectivity index (χ4n) is 1.55. The van der Waals surface area contributed by atoms with Crippen LogP contribution in [0.2, 0.25) is 0 Å². The van der Waals surface area contributed by atoms with Crippen LogP contribution in [0.3, 0.4) is 0 Å². The largest absolute Gasteiger partial charge is 0.389 e. The molecule has 0 aliphatic rings. The first-order valence-electron chi connectivity index (χ1n) is 5.43. The molecule has 18 heavy (non-hydrogen) atoms. The third-order valence-corrected chi connectivity index (χ3v) is 2.40. The van der Waals surface area contributed by atoms with Crippen molar-refractivity contribution in [2.24, 2.45) is 5.84 Å². The summed E-state index contributed by atoms with van der Waals surface area (Å²) in [6, 6.07) is 1.57. The smallest absolute Gasteiger partial charge is 0.255 e. The number of carbonyl (C=O) groups excluding carboxylic acids is 1. The second kappa shape index (κ2) is 6.90. The van der Waals surface area contributed by atoms with Crippen molar-refractivity contribution in [2.75, 3.05) is 32.7 Å². The number of nitrogens with one attached hydrogen (secondary N) is 1. The van der Waals surface area contributed by atoms with Gasteiger partial charge in [0.15, 0.2) is 0 Å². The Labute approximate surface area is 106 Å². The standard InChI is InChI=1S/C11H18N4O3/c1-15(6-8(16)7-18-2)11(17)9-3-4-13-5-10(9)14-12/h3-5,8,14,16H,6-7,12H2,1-2H3. The SMILES string of the molecule is COCC(O)CN(C)C(=O)c1ccncc1NN. The van der Waals surface area contributed by atoms with E-state index in [1.54, 1.807) is 13.1 Å². The van der Waals surface area contributed by atoms with Gasteiger partial charge in [0.05, 0.1) is 30.2 Å². The summed E-state index contributed by atoms with van der Waals surface area (Å²) >= 11 is 0. The van der Waals surface area contributed by atoms with Crippen molar-refractivity contribution < 1.29 is 14.6 Å². The van der Waals surface area contributed by atoms with Crippen LogP contribution in [-0.2, 0) is 4.74 Å². The van der Waals surface area contributed by atoms with Crippen LogP contribution in [-0.4, -0.2) is 54.3 Å². The van der Waals surface area contributed by atoms with Gasteiger partial charge in [0, 0.05) is 26.9 Å². The van der Waals surface area contributed by atoms with Crippen molar-refractivity contribution >= 4 is 11.6 Å². The van der Waals surface area contributed by atoms with Crippen LogP contribution in [0.1, 0.15) is 10.4 Å². The quantitative estimate of drug-likeness (QED) is 0.465. The molecule has 0 radical (unpaired) electrons. The van der Waals surface area contributed by atoms with Gasteiger partial charge < -0.3 is 20.2 Å². The number of likely N-dealkylation sites (N-methyl/N-ethyl adjacent to an activating group) is 1. The third kappa shape index (κ3) is 3.66. The summed E-state index contributed by atoms with van der Waals surface area (Å²) in [4.78, 5) is 17.4. The van der Waals surface area contributed by atoms with Crippen LogP contribution in [0.4, 0.5) is 5.69 Å². The lowest BCUT2D eigenvalue weighted by molar-refractivity contribution is 0.0380. The summed E-state index contributed by atoms with van der Waals surface area (Å²) < 4.78 is 4.80. The Hall–Kier alpha value is -1.70. The Morgan fingerprint density at radius 1 is 1.72 bits per heavy atom. The average Bonchev–Trinajstić information content (AvgIpc) is 2.38. The number of methoxy groups -OCH3 is 1. The van der Waals surface area contributed by atoms with Crippen molar-refractivity contribution in [2.45, 2.75) is 6.10 Å². The number of nitrogens with zero attached hydrogens (tertiary/aromatic N) is 2. The van der Waals surface area contributed by atoms with Crippen molar-refractivity contribution in [3.8, 4) is 0 Å². The number of anilines is 1. The highest BCUT2D eigenvalue weighted by Crippen LogP contribution is 2.14. The number of aromatic nitrogens is 1. The van der Waals surface area contributed by atoms with Crippen molar-refractivity contribution in [3.63, 3.8) is 0 Å². The van der Waals surface area contributed by atoms with E-state index in [1.165, 1.54) is 24.4 Å². The lowest BCUT2D eigenvalue weighted by Gasteiger charge is -2.21. The maximum Gasteiger partial charge on any atom is 0.255 e. The van der Waals surface area contributed by atoms with Gasteiger partial charge in [0.2, 0.25) is 0 Å². The number of aliphatic hydroxyl groups excluding tert-OH is 1. The minimum absolute atomic E-state index is 0.177. The zero-order valence-electron chi connectivity index (χ0n) is 10.5. The van der Waals surface area contributed by atoms with Gasteiger partial charge >= 0.3 is 0 Å². The minimum Gasteiger partial charge on any atom is -0.389 e. The summed E-state index contributed by atoms with van der Waals surface area (Å²) in [5.74, 6) is 5.06. The van der Waals surface area contributed by atoms with Gasteiger partial charge in [-0.05, 0) is 6.07 Å². The van der Waals surface area contributed by atoms with E-state index in [-0.39, 0.29) is 19.1 Å². The van der Waals surface area contributed by atoms with Crippen LogP contribution in [0.15, 0.2) is 18.5 Å². The molecule has 1 heterocycles. The number of nitrogens with two attached hydrogens (primary N) is 1. The first kappa shape index (κ1) is 14.4. The molecule has 0 spiro atoms. The second-order valence-corrected chi connectivity index (χ2v) is 3.86. The molecule has 0 fully saturated rings. The highest BCUT2D eigenvalue weighted by atomic mass is 16.5. The Bertz CT molecular complexity index is 400. The predicted octanol–water partition coefficient (Wildman–Crippen LogP) is -0.553. The van der Waals surface area contributed by atoms with Crippen LogP contribution in [0.5, 0.6) is 0 Å². The molecule has 0 aliphatic heterocycles. The van der Waals surface area contributed by atoms with Gasteiger partial charge in [-0.3, -0.25) is 15.6 Å². The summed E-state index contributed by atoms with van der Waals surface area (Å²) in [5, 5.41) is 9.57. The second-order valence-electron chi connectivity index (χ2n) is 3.86. The molecule has 1 aromatic rings. The molecule has 1 unspecified atom stereocenters. The lowest BCUT2D eigenvalue weighted by Crippen LogP contribution is -2.36. The minimum atomic E-state index is -0.722. The Morgan fingerprint density at radius 2 is 2.44 bits per heavy atom. The molecule has 0 bridgehead atoms. The molecule has 7 nitrogen and oxygen atoms in total. The number of hydrogen-bond donors (Lipinski definition) is 3. The number of nitrogen functional groups attached to an aromatic ring is 1. The van der Waals surface area contributed by atoms with Crippen LogP contribution in [0.25, 0.3) is 0 Å². The molecule has 1 rings (SSSR count). The molecule has 0 aromatic carbocycles. The normalized spacial score (nSPS) is 12.0. The number of hydrazine groups is 1. The average molecular weight is 254 g/mol. The maximum atomic E-state index is 12.1. The summed E-state index contributed by atoms with van der Waals surface area (Å²) in [7, 11) is 3.09. The predicted molar refractivity (Wildman–Crippen MR) is 66.9 cm³/mol. The van der Waals surface area contributed by atoms with E-state index in [0.29, 0.717) is 11.3 Å². The Balaban J connectivity index is 2.74. The van der Waals surface area contributed by atoms with E-state index >= 15 is 0 Å². The van der Waals surface area contributed by atoms with Crippen LogP contribution < -0.4 is 11.3 Å². The zero-order valence-corrected chi connectivity index (χ0v) is 10.5. The molecule has 0 aliphatic carbocycles. The summed E-state index contributed by atoms with van der Waals surface area (Å²) in [5.41, 5.74) is 3.26. The highest BCUT2D eigenvalue weighted by Gasteiger charge is 2.18. The van der Waals surface area contributed by atoms with E-state index in [1.807, 2.05) is 0 Å². The molecule has 0 saturated carbocycles. The van der Waals surface area contributed by atoms with Crippen molar-refractivity contribution in [1.29, 1.82) is 0 Å². The number of carbonyl (C=O) groups is 1. The molecule has 7 heteroatoms. The molecule has 100 valence electrons. The number of pyridine rings is 1. The third-order valence-electron chi connectivity index (χ3n) is 2.40. The number of ether oxygens (including phenoxy) is 1. The topological polar surface area (TPSA) is 101 Å². The Kier molecular flexibility index (Phi) is 5.50. The van der Waals surface area contributed by atoms with Crippen molar-refractivity contribution in [1.82, 2.24) is 9.88 Å². The molecule has 0 saturated heterocycles. The Morgan fingerprint density at radius 3 is 3.06 bits per heavy atom. The number of amides is 1.